The lowest BCUT2D eigenvalue weighted by Crippen LogP contribution is -2.48. The van der Waals surface area contributed by atoms with Crippen LogP contribution in [0.3, 0.4) is 0 Å². The van der Waals surface area contributed by atoms with E-state index in [0.29, 0.717) is 24.8 Å². The molecule has 0 radical (unpaired) electrons. The number of hydrogen-bond donors (Lipinski definition) is 1. The van der Waals surface area contributed by atoms with Crippen LogP contribution in [0.2, 0.25) is 0 Å². The van der Waals surface area contributed by atoms with Crippen LogP contribution in [0.15, 0.2) is 53.3 Å². The van der Waals surface area contributed by atoms with E-state index in [-0.39, 0.29) is 11.9 Å². The maximum absolute atomic E-state index is 11.6. The standard InChI is InChI=1S/C26H29N7O2/c1-18(34)31-11-13-32(14-12-31)24-15-19(8-9-27-24)25-29-26(35-30-25)23-7-4-10-33(23)17-20-16-28-22-6-3-2-5-21(20)22/h2-3,5-6,8-9,15-16,23,28H,4,7,10-14,17H2,1H3/t23-/m0/s1. The van der Waals surface area contributed by atoms with Gasteiger partial charge in [0.25, 0.3) is 0 Å². The van der Waals surface area contributed by atoms with Crippen LogP contribution in [0.25, 0.3) is 22.3 Å². The topological polar surface area (TPSA) is 94.4 Å². The molecular weight excluding hydrogens is 442 g/mol. The predicted molar refractivity (Wildman–Crippen MR) is 133 cm³/mol. The molecular formula is C26H29N7O2. The molecule has 9 nitrogen and oxygen atoms in total. The van der Waals surface area contributed by atoms with Gasteiger partial charge in [-0.1, -0.05) is 23.4 Å². The highest BCUT2D eigenvalue weighted by Gasteiger charge is 2.31. The van der Waals surface area contributed by atoms with Crippen molar-refractivity contribution in [2.75, 3.05) is 37.6 Å². The smallest absolute Gasteiger partial charge is 0.244 e. The number of carbonyl (C=O) groups excluding carboxylic acids is 1. The van der Waals surface area contributed by atoms with E-state index in [9.17, 15) is 4.79 Å². The zero-order chi connectivity index (χ0) is 23.8. The van der Waals surface area contributed by atoms with Crippen molar-refractivity contribution < 1.29 is 9.32 Å². The first-order valence-corrected chi connectivity index (χ1v) is 12.3. The molecule has 0 unspecified atom stereocenters. The third kappa shape index (κ3) is 4.27. The van der Waals surface area contributed by atoms with Gasteiger partial charge in [0.1, 0.15) is 5.82 Å². The normalized spacial score (nSPS) is 19.1. The minimum absolute atomic E-state index is 0.117. The van der Waals surface area contributed by atoms with Crippen molar-refractivity contribution in [3.63, 3.8) is 0 Å². The number of anilines is 1. The van der Waals surface area contributed by atoms with Gasteiger partial charge in [0, 0.05) is 68.5 Å². The van der Waals surface area contributed by atoms with Crippen LogP contribution in [0.1, 0.15) is 37.3 Å². The van der Waals surface area contributed by atoms with Crippen LogP contribution in [0, 0.1) is 0 Å². The molecule has 2 saturated heterocycles. The number of fused-ring (bicyclic) bond motifs is 1. The molecule has 2 fully saturated rings. The van der Waals surface area contributed by atoms with Crippen LogP contribution in [-0.2, 0) is 11.3 Å². The lowest BCUT2D eigenvalue weighted by molar-refractivity contribution is -0.129. The molecule has 1 atom stereocenters. The lowest BCUT2D eigenvalue weighted by Gasteiger charge is -2.34. The Kier molecular flexibility index (Phi) is 5.69. The summed E-state index contributed by atoms with van der Waals surface area (Å²) in [6.45, 7) is 6.42. The number of nitrogens with one attached hydrogen (secondary N) is 1. The Morgan fingerprint density at radius 2 is 2.00 bits per heavy atom. The second kappa shape index (κ2) is 9.14. The first kappa shape index (κ1) is 21.8. The average Bonchev–Trinajstić information content (AvgIpc) is 3.65. The number of amides is 1. The molecule has 0 bridgehead atoms. The van der Waals surface area contributed by atoms with E-state index in [0.717, 1.165) is 55.9 Å². The number of pyridine rings is 1. The molecule has 1 aromatic carbocycles. The number of nitrogens with zero attached hydrogens (tertiary/aromatic N) is 6. The van der Waals surface area contributed by atoms with E-state index in [1.165, 1.54) is 10.9 Å². The molecule has 0 aliphatic carbocycles. The molecule has 180 valence electrons. The lowest BCUT2D eigenvalue weighted by atomic mass is 10.1. The van der Waals surface area contributed by atoms with Crippen molar-refractivity contribution in [1.82, 2.24) is 29.9 Å². The van der Waals surface area contributed by atoms with Gasteiger partial charge in [-0.3, -0.25) is 9.69 Å². The summed E-state index contributed by atoms with van der Waals surface area (Å²) in [6, 6.07) is 12.5. The molecule has 1 N–H and O–H groups in total. The number of piperazine rings is 1. The van der Waals surface area contributed by atoms with Crippen molar-refractivity contribution in [2.45, 2.75) is 32.4 Å². The van der Waals surface area contributed by atoms with E-state index in [1.807, 2.05) is 17.0 Å². The van der Waals surface area contributed by atoms with Gasteiger partial charge in [-0.05, 0) is 43.1 Å². The second-order valence-corrected chi connectivity index (χ2v) is 9.34. The number of para-hydroxylation sites is 1. The number of hydrogen-bond acceptors (Lipinski definition) is 7. The number of H-pyrrole nitrogens is 1. The van der Waals surface area contributed by atoms with Gasteiger partial charge in [-0.25, -0.2) is 4.98 Å². The molecule has 3 aromatic heterocycles. The molecule has 2 aliphatic rings. The van der Waals surface area contributed by atoms with E-state index in [2.05, 4.69) is 55.4 Å². The van der Waals surface area contributed by atoms with Crippen LogP contribution in [0.5, 0.6) is 0 Å². The summed E-state index contributed by atoms with van der Waals surface area (Å²) in [5.41, 5.74) is 3.34. The highest BCUT2D eigenvalue weighted by atomic mass is 16.5. The molecule has 0 saturated carbocycles. The van der Waals surface area contributed by atoms with Crippen molar-refractivity contribution in [3.05, 3.63) is 60.2 Å². The third-order valence-electron chi connectivity index (χ3n) is 7.19. The highest BCUT2D eigenvalue weighted by Crippen LogP contribution is 2.34. The van der Waals surface area contributed by atoms with Gasteiger partial charge in [-0.2, -0.15) is 4.98 Å². The summed E-state index contributed by atoms with van der Waals surface area (Å²) in [5, 5.41) is 5.58. The summed E-state index contributed by atoms with van der Waals surface area (Å²) < 4.78 is 5.78. The van der Waals surface area contributed by atoms with Gasteiger partial charge in [0.2, 0.25) is 17.6 Å². The fourth-order valence-corrected chi connectivity index (χ4v) is 5.24. The number of rotatable bonds is 5. The van der Waals surface area contributed by atoms with Crippen molar-refractivity contribution >= 4 is 22.6 Å². The minimum atomic E-state index is 0.117. The second-order valence-electron chi connectivity index (χ2n) is 9.34. The summed E-state index contributed by atoms with van der Waals surface area (Å²) in [6.07, 6.45) is 6.01. The molecule has 5 heterocycles. The van der Waals surface area contributed by atoms with Crippen molar-refractivity contribution in [3.8, 4) is 11.4 Å². The fraction of sp³-hybridized carbons (Fsp3) is 0.385. The molecule has 4 aromatic rings. The van der Waals surface area contributed by atoms with Crippen LogP contribution >= 0.6 is 0 Å². The van der Waals surface area contributed by atoms with Gasteiger partial charge < -0.3 is 19.3 Å². The van der Waals surface area contributed by atoms with Gasteiger partial charge in [0.15, 0.2) is 0 Å². The van der Waals surface area contributed by atoms with Crippen molar-refractivity contribution in [1.29, 1.82) is 0 Å². The Morgan fingerprint density at radius 3 is 2.86 bits per heavy atom. The first-order valence-electron chi connectivity index (χ1n) is 12.3. The molecule has 1 amide bonds. The molecule has 9 heteroatoms. The molecule has 6 rings (SSSR count). The molecule has 35 heavy (non-hydrogen) atoms. The zero-order valence-corrected chi connectivity index (χ0v) is 19.9. The first-order chi connectivity index (χ1) is 17.2. The Hall–Kier alpha value is -3.72. The average molecular weight is 472 g/mol. The SMILES string of the molecule is CC(=O)N1CCN(c2cc(-c3noc([C@@H]4CCCN4Cc4c[nH]c5ccccc45)n3)ccn2)CC1. The summed E-state index contributed by atoms with van der Waals surface area (Å²) >= 11 is 0. The summed E-state index contributed by atoms with van der Waals surface area (Å²) in [5.74, 6) is 2.26. The molecule has 0 spiro atoms. The van der Waals surface area contributed by atoms with E-state index >= 15 is 0 Å². The minimum Gasteiger partial charge on any atom is -0.361 e. The largest absolute Gasteiger partial charge is 0.361 e. The number of aromatic nitrogens is 4. The maximum atomic E-state index is 11.6. The Morgan fingerprint density at radius 1 is 1.14 bits per heavy atom. The third-order valence-corrected chi connectivity index (χ3v) is 7.19. The van der Waals surface area contributed by atoms with E-state index < -0.39 is 0 Å². The number of benzene rings is 1. The Bertz CT molecular complexity index is 1340. The quantitative estimate of drug-likeness (QED) is 0.475. The predicted octanol–water partition coefficient (Wildman–Crippen LogP) is 3.62. The summed E-state index contributed by atoms with van der Waals surface area (Å²) in [7, 11) is 0. The van der Waals surface area contributed by atoms with Gasteiger partial charge >= 0.3 is 0 Å². The van der Waals surface area contributed by atoms with Gasteiger partial charge in [-0.15, -0.1) is 0 Å². The number of aromatic amines is 1. The van der Waals surface area contributed by atoms with Crippen molar-refractivity contribution in [2.24, 2.45) is 0 Å². The Balaban J connectivity index is 1.18. The van der Waals surface area contributed by atoms with Crippen LogP contribution in [0.4, 0.5) is 5.82 Å². The zero-order valence-electron chi connectivity index (χ0n) is 19.9. The highest BCUT2D eigenvalue weighted by molar-refractivity contribution is 5.83. The Labute approximate surface area is 203 Å². The monoisotopic (exact) mass is 471 g/mol. The number of carbonyl (C=O) groups is 1. The van der Waals surface area contributed by atoms with E-state index in [4.69, 9.17) is 9.51 Å². The van der Waals surface area contributed by atoms with Gasteiger partial charge in [0.05, 0.1) is 6.04 Å². The molecule has 2 aliphatic heterocycles. The maximum Gasteiger partial charge on any atom is 0.244 e. The van der Waals surface area contributed by atoms with E-state index in [1.54, 1.807) is 13.1 Å². The fourth-order valence-electron chi connectivity index (χ4n) is 5.24. The number of likely N-dealkylation sites (tertiary alicyclic amines) is 1. The van der Waals surface area contributed by atoms with Crippen LogP contribution < -0.4 is 4.90 Å². The summed E-state index contributed by atoms with van der Waals surface area (Å²) in [4.78, 5) is 30.8. The van der Waals surface area contributed by atoms with Crippen LogP contribution in [-0.4, -0.2) is 68.5 Å².